The zero-order valence-corrected chi connectivity index (χ0v) is 23.4. The number of esters is 1. The number of allylic oxidation sites excluding steroid dienone is 1. The molecular formula is C29H26BrN3O3S. The standard InChI is InChI=1S/C29H26BrN3O3S/c1-5-36-28(35)25-18(3)31-29-33(26(25)20-9-7-6-8-10-20)27(34)24(37-29)16-21-15-17(2)32(19(21)4)23-13-11-22(30)12-14-23/h6-16,26H,5H2,1-4H3/b24-16+/t26-/m1/s1. The van der Waals surface area contributed by atoms with E-state index in [0.717, 1.165) is 32.7 Å². The van der Waals surface area contributed by atoms with Crippen molar-refractivity contribution >= 4 is 39.3 Å². The van der Waals surface area contributed by atoms with Crippen molar-refractivity contribution in [3.05, 3.63) is 119 Å². The summed E-state index contributed by atoms with van der Waals surface area (Å²) in [5, 5.41) is 0. The van der Waals surface area contributed by atoms with Crippen LogP contribution in [0.4, 0.5) is 0 Å². The number of carbonyl (C=O) groups is 1. The van der Waals surface area contributed by atoms with Crippen molar-refractivity contribution in [3.63, 3.8) is 0 Å². The molecule has 188 valence electrons. The first kappa shape index (κ1) is 25.2. The molecule has 0 saturated heterocycles. The monoisotopic (exact) mass is 575 g/mol. The Balaban J connectivity index is 1.68. The van der Waals surface area contributed by atoms with E-state index in [4.69, 9.17) is 4.74 Å². The highest BCUT2D eigenvalue weighted by atomic mass is 79.9. The summed E-state index contributed by atoms with van der Waals surface area (Å²) < 4.78 is 10.7. The molecule has 0 radical (unpaired) electrons. The summed E-state index contributed by atoms with van der Waals surface area (Å²) >= 11 is 4.83. The maximum atomic E-state index is 13.8. The topological polar surface area (TPSA) is 65.6 Å². The van der Waals surface area contributed by atoms with Crippen molar-refractivity contribution in [2.75, 3.05) is 6.61 Å². The van der Waals surface area contributed by atoms with E-state index in [2.05, 4.69) is 50.6 Å². The first-order valence-corrected chi connectivity index (χ1v) is 13.6. The lowest BCUT2D eigenvalue weighted by Gasteiger charge is -2.24. The average molecular weight is 577 g/mol. The molecule has 4 aromatic rings. The van der Waals surface area contributed by atoms with Crippen LogP contribution in [0.25, 0.3) is 11.8 Å². The van der Waals surface area contributed by atoms with E-state index in [9.17, 15) is 9.59 Å². The predicted octanol–water partition coefficient (Wildman–Crippen LogP) is 4.97. The summed E-state index contributed by atoms with van der Waals surface area (Å²) in [6.45, 7) is 7.91. The number of fused-ring (bicyclic) bond motifs is 1. The Kier molecular flexibility index (Phi) is 6.88. The third kappa shape index (κ3) is 4.55. The summed E-state index contributed by atoms with van der Waals surface area (Å²) in [5.41, 5.74) is 5.73. The van der Waals surface area contributed by atoms with Gasteiger partial charge in [-0.15, -0.1) is 0 Å². The van der Waals surface area contributed by atoms with Gasteiger partial charge in [-0.3, -0.25) is 9.36 Å². The largest absolute Gasteiger partial charge is 0.463 e. The molecule has 0 unspecified atom stereocenters. The maximum Gasteiger partial charge on any atom is 0.338 e. The van der Waals surface area contributed by atoms with Crippen LogP contribution in [0, 0.1) is 13.8 Å². The maximum absolute atomic E-state index is 13.8. The van der Waals surface area contributed by atoms with E-state index in [0.29, 0.717) is 20.6 Å². The summed E-state index contributed by atoms with van der Waals surface area (Å²) in [6, 6.07) is 19.2. The van der Waals surface area contributed by atoms with Crippen LogP contribution < -0.4 is 14.9 Å². The molecule has 0 N–H and O–H groups in total. The second kappa shape index (κ2) is 10.1. The Hall–Kier alpha value is -3.49. The molecule has 37 heavy (non-hydrogen) atoms. The van der Waals surface area contributed by atoms with Gasteiger partial charge in [0.15, 0.2) is 4.80 Å². The van der Waals surface area contributed by atoms with Gasteiger partial charge in [0.25, 0.3) is 5.56 Å². The average Bonchev–Trinajstić information content (AvgIpc) is 3.33. The molecule has 6 nitrogen and oxygen atoms in total. The van der Waals surface area contributed by atoms with Crippen LogP contribution >= 0.6 is 27.3 Å². The Morgan fingerprint density at radius 3 is 2.49 bits per heavy atom. The van der Waals surface area contributed by atoms with Crippen molar-refractivity contribution < 1.29 is 9.53 Å². The number of halogens is 1. The van der Waals surface area contributed by atoms with Gasteiger partial charge < -0.3 is 9.30 Å². The van der Waals surface area contributed by atoms with Crippen LogP contribution in [-0.4, -0.2) is 21.7 Å². The molecule has 0 aliphatic carbocycles. The predicted molar refractivity (Wildman–Crippen MR) is 150 cm³/mol. The molecule has 2 aromatic heterocycles. The molecule has 0 spiro atoms. The number of thiazole rings is 1. The Labute approximate surface area is 227 Å². The van der Waals surface area contributed by atoms with Crippen LogP contribution in [0.15, 0.2) is 86.2 Å². The number of aromatic nitrogens is 2. The number of rotatable bonds is 5. The third-order valence-electron chi connectivity index (χ3n) is 6.47. The molecule has 0 saturated carbocycles. The van der Waals surface area contributed by atoms with Gasteiger partial charge in [-0.1, -0.05) is 57.6 Å². The number of hydrogen-bond acceptors (Lipinski definition) is 5. The fourth-order valence-corrected chi connectivity index (χ4v) is 6.11. The number of ether oxygens (including phenoxy) is 1. The Bertz CT molecular complexity index is 1710. The van der Waals surface area contributed by atoms with Crippen molar-refractivity contribution in [1.82, 2.24) is 9.13 Å². The van der Waals surface area contributed by atoms with Gasteiger partial charge >= 0.3 is 5.97 Å². The number of carbonyl (C=O) groups excluding carboxylic acids is 1. The second-order valence-electron chi connectivity index (χ2n) is 8.85. The van der Waals surface area contributed by atoms with Gasteiger partial charge in [-0.05, 0) is 75.2 Å². The van der Waals surface area contributed by atoms with Crippen molar-refractivity contribution in [1.29, 1.82) is 0 Å². The summed E-state index contributed by atoms with van der Waals surface area (Å²) in [6.07, 6.45) is 1.92. The van der Waals surface area contributed by atoms with Crippen LogP contribution in [-0.2, 0) is 9.53 Å². The smallest absolute Gasteiger partial charge is 0.338 e. The van der Waals surface area contributed by atoms with Crippen LogP contribution in [0.3, 0.4) is 0 Å². The summed E-state index contributed by atoms with van der Waals surface area (Å²) in [4.78, 5) is 32.1. The van der Waals surface area contributed by atoms with Gasteiger partial charge in [-0.2, -0.15) is 0 Å². The fourth-order valence-electron chi connectivity index (χ4n) is 4.80. The van der Waals surface area contributed by atoms with Gasteiger partial charge in [0.2, 0.25) is 0 Å². The summed E-state index contributed by atoms with van der Waals surface area (Å²) in [5.74, 6) is -0.454. The van der Waals surface area contributed by atoms with E-state index in [1.807, 2.05) is 55.5 Å². The number of hydrogen-bond donors (Lipinski definition) is 0. The van der Waals surface area contributed by atoms with Crippen molar-refractivity contribution in [2.45, 2.75) is 33.7 Å². The van der Waals surface area contributed by atoms with E-state index in [1.54, 1.807) is 18.4 Å². The first-order valence-electron chi connectivity index (χ1n) is 12.0. The molecule has 2 aromatic carbocycles. The number of aryl methyl sites for hydroxylation is 1. The summed E-state index contributed by atoms with van der Waals surface area (Å²) in [7, 11) is 0. The minimum atomic E-state index is -0.603. The zero-order chi connectivity index (χ0) is 26.3. The highest BCUT2D eigenvalue weighted by Gasteiger charge is 2.33. The van der Waals surface area contributed by atoms with E-state index in [-0.39, 0.29) is 12.2 Å². The molecule has 1 aliphatic heterocycles. The molecule has 8 heteroatoms. The minimum absolute atomic E-state index is 0.180. The van der Waals surface area contributed by atoms with Crippen LogP contribution in [0.5, 0.6) is 0 Å². The van der Waals surface area contributed by atoms with Gasteiger partial charge in [0.05, 0.1) is 28.5 Å². The Morgan fingerprint density at radius 2 is 1.81 bits per heavy atom. The van der Waals surface area contributed by atoms with Gasteiger partial charge in [0, 0.05) is 21.5 Å². The number of benzene rings is 2. The highest BCUT2D eigenvalue weighted by Crippen LogP contribution is 2.30. The molecule has 1 aliphatic rings. The van der Waals surface area contributed by atoms with Crippen LogP contribution in [0.1, 0.15) is 42.4 Å². The fraction of sp³-hybridized carbons (Fsp3) is 0.207. The van der Waals surface area contributed by atoms with Crippen molar-refractivity contribution in [2.24, 2.45) is 4.99 Å². The number of nitrogens with zero attached hydrogens (tertiary/aromatic N) is 3. The van der Waals surface area contributed by atoms with Crippen LogP contribution in [0.2, 0.25) is 0 Å². The third-order valence-corrected chi connectivity index (χ3v) is 7.99. The second-order valence-corrected chi connectivity index (χ2v) is 10.8. The highest BCUT2D eigenvalue weighted by molar-refractivity contribution is 9.10. The normalized spacial score (nSPS) is 15.5. The molecule has 0 fully saturated rings. The molecule has 0 amide bonds. The minimum Gasteiger partial charge on any atom is -0.463 e. The molecular weight excluding hydrogens is 550 g/mol. The van der Waals surface area contributed by atoms with E-state index < -0.39 is 12.0 Å². The Morgan fingerprint density at radius 1 is 1.11 bits per heavy atom. The quantitative estimate of drug-likeness (QED) is 0.316. The molecule has 0 bridgehead atoms. The molecule has 5 rings (SSSR count). The van der Waals surface area contributed by atoms with Gasteiger partial charge in [-0.25, -0.2) is 9.79 Å². The molecule has 1 atom stereocenters. The first-order chi connectivity index (χ1) is 17.8. The lowest BCUT2D eigenvalue weighted by Crippen LogP contribution is -2.39. The zero-order valence-electron chi connectivity index (χ0n) is 21.0. The van der Waals surface area contributed by atoms with Gasteiger partial charge in [0.1, 0.15) is 0 Å². The van der Waals surface area contributed by atoms with Crippen molar-refractivity contribution in [3.8, 4) is 5.69 Å². The SMILES string of the molecule is CCOC(=O)C1=C(C)N=c2s/c(=C/c3cc(C)n(-c4ccc(Br)cc4)c3C)c(=O)n2[C@@H]1c1ccccc1. The lowest BCUT2D eigenvalue weighted by molar-refractivity contribution is -0.139. The lowest BCUT2D eigenvalue weighted by atomic mass is 9.96. The van der Waals surface area contributed by atoms with E-state index in [1.165, 1.54) is 11.3 Å². The molecule has 3 heterocycles. The van der Waals surface area contributed by atoms with E-state index >= 15 is 0 Å².